The smallest absolute Gasteiger partial charge is 0.303 e. The lowest BCUT2D eigenvalue weighted by atomic mass is 9.44. The van der Waals surface area contributed by atoms with E-state index in [4.69, 9.17) is 14.2 Å². The van der Waals surface area contributed by atoms with Gasteiger partial charge in [-0.25, -0.2) is 0 Å². The molecule has 2 bridgehead atoms. The third-order valence-electron chi connectivity index (χ3n) is 10.0. The molecule has 5 aliphatic rings. The van der Waals surface area contributed by atoms with Crippen molar-refractivity contribution in [3.63, 3.8) is 0 Å². The van der Waals surface area contributed by atoms with Crippen LogP contribution >= 0.6 is 15.9 Å². The number of esters is 1. The molecule has 5 fully saturated rings. The molecule has 0 aromatic rings. The first kappa shape index (κ1) is 21.9. The van der Waals surface area contributed by atoms with Crippen molar-refractivity contribution in [3.8, 4) is 0 Å². The van der Waals surface area contributed by atoms with Gasteiger partial charge in [-0.3, -0.25) is 14.4 Å². The fourth-order valence-electron chi connectivity index (χ4n) is 8.69. The van der Waals surface area contributed by atoms with Crippen molar-refractivity contribution in [1.82, 2.24) is 0 Å². The Labute approximate surface area is 192 Å². The molecule has 0 N–H and O–H groups in total. The molecule has 1 aliphatic heterocycles. The van der Waals surface area contributed by atoms with Gasteiger partial charge in [-0.15, -0.1) is 0 Å². The van der Waals surface area contributed by atoms with E-state index in [-0.39, 0.29) is 51.6 Å². The largest absolute Gasteiger partial charge is 0.465 e. The number of ketones is 1. The number of rotatable bonds is 5. The Kier molecular flexibility index (Phi) is 5.32. The molecular formula is C24H33BrO6. The summed E-state index contributed by atoms with van der Waals surface area (Å²) in [6.07, 6.45) is 7.97. The van der Waals surface area contributed by atoms with Crippen molar-refractivity contribution >= 4 is 34.2 Å². The standard InChI is InChI=1S/C24H33BrO6/c1-14(27)29-11-20(28)19-4-3-17-16-9-21-24(25)10-15(31-13-26)5-8-23(24,12-30-21)18(16)6-7-22(17,19)2/h13,15-19,21H,3-12H2,1-2H3/t15-,16-,17-,18-,19+,21+,22-,23-,24-/m0/s1. The molecule has 6 nitrogen and oxygen atoms in total. The molecule has 5 rings (SSSR count). The summed E-state index contributed by atoms with van der Waals surface area (Å²) in [5, 5.41) is 0. The second-order valence-corrected chi connectivity index (χ2v) is 12.4. The topological polar surface area (TPSA) is 78.9 Å². The molecule has 4 aliphatic carbocycles. The lowest BCUT2D eigenvalue weighted by Gasteiger charge is -2.62. The number of halogens is 1. The molecule has 0 amide bonds. The van der Waals surface area contributed by atoms with E-state index in [1.54, 1.807) is 0 Å². The molecule has 31 heavy (non-hydrogen) atoms. The maximum Gasteiger partial charge on any atom is 0.303 e. The maximum absolute atomic E-state index is 12.9. The van der Waals surface area contributed by atoms with Crippen LogP contribution in [0.3, 0.4) is 0 Å². The summed E-state index contributed by atoms with van der Waals surface area (Å²) >= 11 is 4.16. The quantitative estimate of drug-likeness (QED) is 0.327. The zero-order chi connectivity index (χ0) is 22.0. The van der Waals surface area contributed by atoms with Gasteiger partial charge in [-0.2, -0.15) is 0 Å². The molecule has 1 heterocycles. The van der Waals surface area contributed by atoms with Crippen LogP contribution in [-0.4, -0.2) is 48.0 Å². The van der Waals surface area contributed by atoms with Crippen molar-refractivity contribution in [2.45, 2.75) is 81.7 Å². The molecule has 0 aromatic heterocycles. The van der Waals surface area contributed by atoms with Crippen LogP contribution in [0, 0.1) is 34.5 Å². The highest BCUT2D eigenvalue weighted by Gasteiger charge is 2.72. The van der Waals surface area contributed by atoms with Crippen molar-refractivity contribution in [3.05, 3.63) is 0 Å². The molecule has 0 spiro atoms. The van der Waals surface area contributed by atoms with Crippen LogP contribution < -0.4 is 0 Å². The van der Waals surface area contributed by atoms with E-state index >= 15 is 0 Å². The van der Waals surface area contributed by atoms with E-state index in [9.17, 15) is 14.4 Å². The Bertz CT molecular complexity index is 786. The summed E-state index contributed by atoms with van der Waals surface area (Å²) in [7, 11) is 0. The third-order valence-corrected chi connectivity index (χ3v) is 11.6. The summed E-state index contributed by atoms with van der Waals surface area (Å²) in [6, 6.07) is 0. The van der Waals surface area contributed by atoms with Crippen molar-refractivity contribution in [2.24, 2.45) is 34.5 Å². The second-order valence-electron chi connectivity index (χ2n) is 10.9. The first-order valence-corrected chi connectivity index (χ1v) is 12.6. The predicted molar refractivity (Wildman–Crippen MR) is 115 cm³/mol. The van der Waals surface area contributed by atoms with Crippen molar-refractivity contribution in [1.29, 1.82) is 0 Å². The highest BCUT2D eigenvalue weighted by Crippen LogP contribution is 2.72. The van der Waals surface area contributed by atoms with Gasteiger partial charge in [-0.05, 0) is 68.1 Å². The molecule has 7 heteroatoms. The number of Topliss-reactive ketones (excluding diaryl/α,β-unsaturated/α-hetero) is 1. The van der Waals surface area contributed by atoms with Gasteiger partial charge in [0.15, 0.2) is 5.78 Å². The van der Waals surface area contributed by atoms with E-state index in [0.717, 1.165) is 58.0 Å². The van der Waals surface area contributed by atoms with Crippen LogP contribution in [0.1, 0.15) is 65.2 Å². The van der Waals surface area contributed by atoms with Crippen LogP contribution in [0.2, 0.25) is 0 Å². The van der Waals surface area contributed by atoms with Crippen molar-refractivity contribution < 1.29 is 28.6 Å². The normalized spacial score (nSPS) is 50.0. The number of ether oxygens (including phenoxy) is 3. The van der Waals surface area contributed by atoms with Gasteiger partial charge in [0, 0.05) is 24.7 Å². The Morgan fingerprint density at radius 1 is 1.16 bits per heavy atom. The molecule has 9 atom stereocenters. The number of hydrogen-bond donors (Lipinski definition) is 0. The Hall–Kier alpha value is -0.950. The van der Waals surface area contributed by atoms with Gasteiger partial charge in [0.25, 0.3) is 6.47 Å². The van der Waals surface area contributed by atoms with Crippen LogP contribution in [0.5, 0.6) is 0 Å². The summed E-state index contributed by atoms with van der Waals surface area (Å²) in [6.45, 7) is 4.95. The molecule has 0 radical (unpaired) electrons. The Morgan fingerprint density at radius 2 is 1.97 bits per heavy atom. The highest BCUT2D eigenvalue weighted by molar-refractivity contribution is 9.10. The van der Waals surface area contributed by atoms with E-state index in [0.29, 0.717) is 24.2 Å². The van der Waals surface area contributed by atoms with E-state index < -0.39 is 0 Å². The molecule has 172 valence electrons. The Balaban J connectivity index is 1.39. The van der Waals surface area contributed by atoms with Gasteiger partial charge in [0.1, 0.15) is 12.7 Å². The van der Waals surface area contributed by atoms with E-state index in [2.05, 4.69) is 22.9 Å². The van der Waals surface area contributed by atoms with Crippen molar-refractivity contribution in [2.75, 3.05) is 13.2 Å². The maximum atomic E-state index is 12.9. The van der Waals surface area contributed by atoms with E-state index in [1.165, 1.54) is 6.92 Å². The molecular weight excluding hydrogens is 464 g/mol. The SMILES string of the molecule is CC(=O)OCC(=O)[C@H]1CC[C@H]2[C@@H]3C[C@H]4OC[C@@]5(CC[C@H](OC=O)C[C@]45Br)[C@H]3CC[C@]12C. The van der Waals surface area contributed by atoms with Gasteiger partial charge >= 0.3 is 5.97 Å². The number of hydrogen-bond acceptors (Lipinski definition) is 6. The summed E-state index contributed by atoms with van der Waals surface area (Å²) in [4.78, 5) is 35.1. The zero-order valence-corrected chi connectivity index (χ0v) is 20.0. The lowest BCUT2D eigenvalue weighted by molar-refractivity contribution is -0.150. The van der Waals surface area contributed by atoms with Crippen LogP contribution in [0.15, 0.2) is 0 Å². The summed E-state index contributed by atoms with van der Waals surface area (Å²) in [5.74, 6) is 1.34. The Morgan fingerprint density at radius 3 is 2.71 bits per heavy atom. The number of fused-ring (bicyclic) bond motifs is 3. The number of alkyl halides is 1. The lowest BCUT2D eigenvalue weighted by Crippen LogP contribution is -2.63. The van der Waals surface area contributed by atoms with Gasteiger partial charge in [-0.1, -0.05) is 22.9 Å². The average Bonchev–Trinajstić information content (AvgIpc) is 3.15. The minimum absolute atomic E-state index is 0.0127. The first-order chi connectivity index (χ1) is 14.7. The fraction of sp³-hybridized carbons (Fsp3) is 0.875. The molecule has 4 saturated carbocycles. The van der Waals surface area contributed by atoms with E-state index in [1.807, 2.05) is 0 Å². The first-order valence-electron chi connectivity index (χ1n) is 11.8. The van der Waals surface area contributed by atoms with Crippen LogP contribution in [0.4, 0.5) is 0 Å². The summed E-state index contributed by atoms with van der Waals surface area (Å²) < 4.78 is 16.8. The van der Waals surface area contributed by atoms with Crippen LogP contribution in [-0.2, 0) is 28.6 Å². The summed E-state index contributed by atoms with van der Waals surface area (Å²) in [5.41, 5.74) is 0.0725. The zero-order valence-electron chi connectivity index (χ0n) is 18.4. The average molecular weight is 497 g/mol. The van der Waals surface area contributed by atoms with Gasteiger partial charge < -0.3 is 14.2 Å². The van der Waals surface area contributed by atoms with Crippen LogP contribution in [0.25, 0.3) is 0 Å². The highest BCUT2D eigenvalue weighted by atomic mass is 79.9. The minimum atomic E-state index is -0.389. The third kappa shape index (κ3) is 3.01. The van der Waals surface area contributed by atoms with Gasteiger partial charge in [0.05, 0.1) is 17.0 Å². The molecule has 0 unspecified atom stereocenters. The monoisotopic (exact) mass is 496 g/mol. The molecule has 0 aromatic carbocycles. The number of carbonyl (C=O) groups is 3. The number of carbonyl (C=O) groups excluding carboxylic acids is 3. The minimum Gasteiger partial charge on any atom is -0.465 e. The fourth-order valence-corrected chi connectivity index (χ4v) is 9.98. The molecule has 1 saturated heterocycles. The second kappa shape index (κ2) is 7.54. The van der Waals surface area contributed by atoms with Gasteiger partial charge in [0.2, 0.25) is 0 Å². The predicted octanol–water partition coefficient (Wildman–Crippen LogP) is 3.83.